The number of anilines is 1. The van der Waals surface area contributed by atoms with Gasteiger partial charge >= 0.3 is 0 Å². The molecule has 1 aromatic rings. The van der Waals surface area contributed by atoms with Crippen molar-refractivity contribution in [2.45, 2.75) is 40.5 Å². The van der Waals surface area contributed by atoms with E-state index >= 15 is 0 Å². The van der Waals surface area contributed by atoms with E-state index in [1.165, 1.54) is 30.6 Å². The zero-order valence-electron chi connectivity index (χ0n) is 11.4. The summed E-state index contributed by atoms with van der Waals surface area (Å²) in [6, 6.07) is 8.66. The first kappa shape index (κ1) is 13.1. The second kappa shape index (κ2) is 5.38. The summed E-state index contributed by atoms with van der Waals surface area (Å²) < 4.78 is 0. The largest absolute Gasteiger partial charge is 0.374 e. The van der Waals surface area contributed by atoms with Gasteiger partial charge < -0.3 is 4.90 Å². The minimum Gasteiger partial charge on any atom is -0.374 e. The molecule has 0 amide bonds. The Balaban J connectivity index is 0.000000221. The van der Waals surface area contributed by atoms with Crippen molar-refractivity contribution in [3.05, 3.63) is 29.8 Å². The molecule has 0 radical (unpaired) electrons. The van der Waals surface area contributed by atoms with Gasteiger partial charge in [-0.25, -0.2) is 0 Å². The lowest BCUT2D eigenvalue weighted by Gasteiger charge is -2.26. The van der Waals surface area contributed by atoms with E-state index < -0.39 is 0 Å². The number of hydrogen-bond donors (Lipinski definition) is 0. The second-order valence-electron chi connectivity index (χ2n) is 6.15. The molecule has 0 spiro atoms. The first-order valence-corrected chi connectivity index (χ1v) is 6.17. The Kier molecular flexibility index (Phi) is 4.40. The van der Waals surface area contributed by atoms with Crippen LogP contribution in [-0.4, -0.2) is 13.6 Å². The molecule has 1 aliphatic rings. The van der Waals surface area contributed by atoms with E-state index in [-0.39, 0.29) is 0 Å². The van der Waals surface area contributed by atoms with Crippen molar-refractivity contribution >= 4 is 5.69 Å². The molecule has 90 valence electrons. The molecule has 16 heavy (non-hydrogen) atoms. The maximum atomic E-state index is 2.33. The number of nitrogens with zero attached hydrogens (tertiary/aromatic N) is 1. The minimum absolute atomic E-state index is 0.500. The van der Waals surface area contributed by atoms with Gasteiger partial charge in [0.1, 0.15) is 0 Å². The molecule has 0 aromatic heterocycles. The van der Waals surface area contributed by atoms with Gasteiger partial charge in [-0.05, 0) is 29.9 Å². The third kappa shape index (κ3) is 4.69. The summed E-state index contributed by atoms with van der Waals surface area (Å²) in [5, 5.41) is 0. The van der Waals surface area contributed by atoms with Crippen molar-refractivity contribution in [1.82, 2.24) is 0 Å². The standard InChI is InChI=1S/C10H13N.C5H12/c1-11-8-4-6-9-5-2-3-7-10(9)11;1-5(2,3)4/h2-3,5,7H,4,6,8H2,1H3;1-4H3. The number of benzene rings is 1. The molecule has 1 aromatic carbocycles. The minimum atomic E-state index is 0.500. The molecular formula is C15H25N. The predicted molar refractivity (Wildman–Crippen MR) is 73.2 cm³/mol. The van der Waals surface area contributed by atoms with Gasteiger partial charge in [0, 0.05) is 19.3 Å². The Labute approximate surface area is 100 Å². The summed E-state index contributed by atoms with van der Waals surface area (Å²) in [6.45, 7) is 9.96. The van der Waals surface area contributed by atoms with Crippen LogP contribution in [0.2, 0.25) is 0 Å². The summed E-state index contributed by atoms with van der Waals surface area (Å²) in [7, 11) is 2.16. The van der Waals surface area contributed by atoms with E-state index in [9.17, 15) is 0 Å². The highest BCUT2D eigenvalue weighted by atomic mass is 15.1. The first-order valence-electron chi connectivity index (χ1n) is 6.17. The van der Waals surface area contributed by atoms with E-state index in [2.05, 4.69) is 63.9 Å². The van der Waals surface area contributed by atoms with Gasteiger partial charge in [0.05, 0.1) is 0 Å². The SMILES string of the molecule is CC(C)(C)C.CN1CCCc2ccccc21. The van der Waals surface area contributed by atoms with Crippen LogP contribution in [0.5, 0.6) is 0 Å². The normalized spacial score (nSPS) is 14.9. The van der Waals surface area contributed by atoms with E-state index in [0.29, 0.717) is 5.41 Å². The van der Waals surface area contributed by atoms with Crippen molar-refractivity contribution < 1.29 is 0 Å². The molecule has 0 bridgehead atoms. The van der Waals surface area contributed by atoms with Crippen LogP contribution >= 0.6 is 0 Å². The number of fused-ring (bicyclic) bond motifs is 1. The van der Waals surface area contributed by atoms with Crippen LogP contribution in [0.25, 0.3) is 0 Å². The molecule has 0 fully saturated rings. The topological polar surface area (TPSA) is 3.24 Å². The molecule has 0 unspecified atom stereocenters. The molecule has 0 aliphatic carbocycles. The highest BCUT2D eigenvalue weighted by molar-refractivity contribution is 5.54. The molecule has 0 N–H and O–H groups in total. The average molecular weight is 219 g/mol. The smallest absolute Gasteiger partial charge is 0.0396 e. The lowest BCUT2D eigenvalue weighted by atomic mass is 10.0. The van der Waals surface area contributed by atoms with Crippen molar-refractivity contribution in [2.75, 3.05) is 18.5 Å². The van der Waals surface area contributed by atoms with Crippen LogP contribution in [0.1, 0.15) is 39.7 Å². The fraction of sp³-hybridized carbons (Fsp3) is 0.600. The van der Waals surface area contributed by atoms with Gasteiger partial charge in [-0.3, -0.25) is 0 Å². The summed E-state index contributed by atoms with van der Waals surface area (Å²) in [5.74, 6) is 0. The highest BCUT2D eigenvalue weighted by Gasteiger charge is 2.11. The molecule has 1 heteroatoms. The van der Waals surface area contributed by atoms with Crippen LogP contribution in [0.15, 0.2) is 24.3 Å². The molecule has 2 rings (SSSR count). The van der Waals surface area contributed by atoms with Crippen molar-refractivity contribution in [3.63, 3.8) is 0 Å². The van der Waals surface area contributed by atoms with E-state index in [1.807, 2.05) is 0 Å². The van der Waals surface area contributed by atoms with Gasteiger partial charge in [0.2, 0.25) is 0 Å². The zero-order chi connectivity index (χ0) is 12.2. The third-order valence-electron chi connectivity index (χ3n) is 2.34. The molecule has 0 saturated carbocycles. The second-order valence-corrected chi connectivity index (χ2v) is 6.15. The van der Waals surface area contributed by atoms with Crippen molar-refractivity contribution in [1.29, 1.82) is 0 Å². The van der Waals surface area contributed by atoms with Gasteiger partial charge in [0.15, 0.2) is 0 Å². The molecule has 0 atom stereocenters. The predicted octanol–water partition coefficient (Wildman–Crippen LogP) is 4.12. The van der Waals surface area contributed by atoms with Gasteiger partial charge in [-0.1, -0.05) is 45.9 Å². The highest BCUT2D eigenvalue weighted by Crippen LogP contribution is 2.24. The van der Waals surface area contributed by atoms with Crippen molar-refractivity contribution in [3.8, 4) is 0 Å². The van der Waals surface area contributed by atoms with Crippen LogP contribution in [0, 0.1) is 5.41 Å². The monoisotopic (exact) mass is 219 g/mol. The summed E-state index contributed by atoms with van der Waals surface area (Å²) in [5.41, 5.74) is 3.42. The molecule has 1 nitrogen and oxygen atoms in total. The van der Waals surface area contributed by atoms with E-state index in [0.717, 1.165) is 0 Å². The van der Waals surface area contributed by atoms with Gasteiger partial charge in [-0.15, -0.1) is 0 Å². The van der Waals surface area contributed by atoms with Crippen molar-refractivity contribution in [2.24, 2.45) is 5.41 Å². The summed E-state index contributed by atoms with van der Waals surface area (Å²) in [6.07, 6.45) is 2.55. The fourth-order valence-electron chi connectivity index (χ4n) is 1.72. The zero-order valence-corrected chi connectivity index (χ0v) is 11.4. The lowest BCUT2D eigenvalue weighted by molar-refractivity contribution is 0.469. The Hall–Kier alpha value is -0.980. The Morgan fingerprint density at radius 1 is 1.06 bits per heavy atom. The quantitative estimate of drug-likeness (QED) is 0.634. The fourth-order valence-corrected chi connectivity index (χ4v) is 1.72. The Morgan fingerprint density at radius 2 is 1.62 bits per heavy atom. The molecule has 0 saturated heterocycles. The number of aryl methyl sites for hydroxylation is 1. The molecule has 1 aliphatic heterocycles. The number of rotatable bonds is 0. The lowest BCUT2D eigenvalue weighted by Crippen LogP contribution is -2.24. The Morgan fingerprint density at radius 3 is 2.19 bits per heavy atom. The van der Waals surface area contributed by atoms with Crippen LogP contribution < -0.4 is 4.90 Å². The summed E-state index contributed by atoms with van der Waals surface area (Å²) in [4.78, 5) is 2.33. The maximum absolute atomic E-state index is 2.33. The Bertz CT molecular complexity index is 316. The molecular weight excluding hydrogens is 194 g/mol. The van der Waals surface area contributed by atoms with Gasteiger partial charge in [0.25, 0.3) is 0 Å². The van der Waals surface area contributed by atoms with Crippen LogP contribution in [0.3, 0.4) is 0 Å². The molecule has 1 heterocycles. The van der Waals surface area contributed by atoms with E-state index in [1.54, 1.807) is 0 Å². The average Bonchev–Trinajstić information content (AvgIpc) is 2.16. The van der Waals surface area contributed by atoms with Gasteiger partial charge in [-0.2, -0.15) is 0 Å². The van der Waals surface area contributed by atoms with Crippen LogP contribution in [-0.2, 0) is 6.42 Å². The number of hydrogen-bond acceptors (Lipinski definition) is 1. The first-order chi connectivity index (χ1) is 7.38. The summed E-state index contributed by atoms with van der Waals surface area (Å²) >= 11 is 0. The number of para-hydroxylation sites is 1. The maximum Gasteiger partial charge on any atom is 0.0396 e. The third-order valence-corrected chi connectivity index (χ3v) is 2.34. The van der Waals surface area contributed by atoms with E-state index in [4.69, 9.17) is 0 Å². The van der Waals surface area contributed by atoms with Crippen LogP contribution in [0.4, 0.5) is 5.69 Å².